The molecule has 1 unspecified atom stereocenters. The zero-order valence-corrected chi connectivity index (χ0v) is 11.3. The van der Waals surface area contributed by atoms with Gasteiger partial charge in [0.1, 0.15) is 0 Å². The molecule has 0 aromatic heterocycles. The van der Waals surface area contributed by atoms with Crippen molar-refractivity contribution in [2.75, 3.05) is 0 Å². The Morgan fingerprint density at radius 3 is 2.37 bits per heavy atom. The molecule has 0 aliphatic rings. The Morgan fingerprint density at radius 2 is 1.79 bits per heavy atom. The summed E-state index contributed by atoms with van der Waals surface area (Å²) in [5.74, 6) is -1.24. The lowest BCUT2D eigenvalue weighted by molar-refractivity contribution is -0.138. The SMILES string of the molecule is Cc1cccc(Cc2ccc(C(C)C(=O)O)cc2)c1. The van der Waals surface area contributed by atoms with Crippen LogP contribution >= 0.6 is 0 Å². The smallest absolute Gasteiger partial charge is 0.310 e. The molecule has 2 nitrogen and oxygen atoms in total. The Morgan fingerprint density at radius 1 is 1.11 bits per heavy atom. The van der Waals surface area contributed by atoms with Gasteiger partial charge < -0.3 is 5.11 Å². The highest BCUT2D eigenvalue weighted by Gasteiger charge is 2.12. The molecule has 0 spiro atoms. The van der Waals surface area contributed by atoms with E-state index >= 15 is 0 Å². The monoisotopic (exact) mass is 254 g/mol. The third kappa shape index (κ3) is 3.44. The largest absolute Gasteiger partial charge is 0.481 e. The molecule has 0 radical (unpaired) electrons. The van der Waals surface area contributed by atoms with Crippen LogP contribution in [-0.4, -0.2) is 11.1 Å². The molecule has 2 aromatic carbocycles. The molecule has 0 fully saturated rings. The number of rotatable bonds is 4. The summed E-state index contributed by atoms with van der Waals surface area (Å²) in [4.78, 5) is 10.9. The minimum absolute atomic E-state index is 0.451. The summed E-state index contributed by atoms with van der Waals surface area (Å²) in [6.07, 6.45) is 0.878. The van der Waals surface area contributed by atoms with Crippen molar-refractivity contribution >= 4 is 5.97 Å². The van der Waals surface area contributed by atoms with E-state index in [1.54, 1.807) is 6.92 Å². The average Bonchev–Trinajstić information content (AvgIpc) is 2.39. The highest BCUT2D eigenvalue weighted by atomic mass is 16.4. The van der Waals surface area contributed by atoms with Gasteiger partial charge in [-0.15, -0.1) is 0 Å². The van der Waals surface area contributed by atoms with Crippen molar-refractivity contribution in [3.63, 3.8) is 0 Å². The lowest BCUT2D eigenvalue weighted by Crippen LogP contribution is -2.07. The maximum absolute atomic E-state index is 10.9. The van der Waals surface area contributed by atoms with Gasteiger partial charge in [0.05, 0.1) is 5.92 Å². The number of hydrogen-bond acceptors (Lipinski definition) is 1. The molecule has 19 heavy (non-hydrogen) atoms. The predicted octanol–water partition coefficient (Wildman–Crippen LogP) is 3.77. The molecule has 2 aromatic rings. The Hall–Kier alpha value is -2.09. The molecule has 0 aliphatic heterocycles. The van der Waals surface area contributed by atoms with Crippen LogP contribution in [0.2, 0.25) is 0 Å². The zero-order chi connectivity index (χ0) is 13.8. The van der Waals surface area contributed by atoms with Gasteiger partial charge in [-0.25, -0.2) is 0 Å². The first kappa shape index (κ1) is 13.3. The van der Waals surface area contributed by atoms with Crippen molar-refractivity contribution in [3.8, 4) is 0 Å². The standard InChI is InChI=1S/C17H18O2/c1-12-4-3-5-15(10-12)11-14-6-8-16(9-7-14)13(2)17(18)19/h3-10,13H,11H2,1-2H3,(H,18,19). The van der Waals surface area contributed by atoms with Crippen LogP contribution in [-0.2, 0) is 11.2 Å². The second kappa shape index (κ2) is 5.70. The predicted molar refractivity (Wildman–Crippen MR) is 76.5 cm³/mol. The molecular weight excluding hydrogens is 236 g/mol. The van der Waals surface area contributed by atoms with Crippen molar-refractivity contribution in [2.45, 2.75) is 26.2 Å². The first-order chi connectivity index (χ1) is 9.06. The Kier molecular flexibility index (Phi) is 4.00. The van der Waals surface area contributed by atoms with E-state index in [2.05, 4.69) is 31.2 Å². The highest BCUT2D eigenvalue weighted by molar-refractivity contribution is 5.75. The zero-order valence-electron chi connectivity index (χ0n) is 11.3. The van der Waals surface area contributed by atoms with Gasteiger partial charge in [0.15, 0.2) is 0 Å². The van der Waals surface area contributed by atoms with Gasteiger partial charge >= 0.3 is 5.97 Å². The van der Waals surface area contributed by atoms with E-state index in [0.717, 1.165) is 12.0 Å². The molecule has 2 heteroatoms. The first-order valence-electron chi connectivity index (χ1n) is 6.43. The van der Waals surface area contributed by atoms with Crippen LogP contribution in [0, 0.1) is 6.92 Å². The minimum atomic E-state index is -0.786. The fraction of sp³-hybridized carbons (Fsp3) is 0.235. The van der Waals surface area contributed by atoms with Crippen molar-refractivity contribution in [1.82, 2.24) is 0 Å². The fourth-order valence-electron chi connectivity index (χ4n) is 2.12. The number of aliphatic carboxylic acids is 1. The lowest BCUT2D eigenvalue weighted by Gasteiger charge is -2.08. The van der Waals surface area contributed by atoms with Gasteiger partial charge in [-0.05, 0) is 37.0 Å². The molecule has 0 amide bonds. The number of aryl methyl sites for hydroxylation is 1. The van der Waals surface area contributed by atoms with E-state index in [4.69, 9.17) is 5.11 Å². The van der Waals surface area contributed by atoms with Crippen LogP contribution in [0.3, 0.4) is 0 Å². The van der Waals surface area contributed by atoms with E-state index in [1.165, 1.54) is 16.7 Å². The summed E-state index contributed by atoms with van der Waals surface area (Å²) >= 11 is 0. The molecule has 0 saturated heterocycles. The number of carboxylic acids is 1. The van der Waals surface area contributed by atoms with E-state index in [0.29, 0.717) is 0 Å². The molecular formula is C17H18O2. The van der Waals surface area contributed by atoms with Crippen LogP contribution in [0.5, 0.6) is 0 Å². The topological polar surface area (TPSA) is 37.3 Å². The summed E-state index contributed by atoms with van der Waals surface area (Å²) in [5, 5.41) is 8.97. The maximum atomic E-state index is 10.9. The Bertz CT molecular complexity index is 570. The second-order valence-corrected chi connectivity index (χ2v) is 4.97. The molecule has 1 N–H and O–H groups in total. The number of benzene rings is 2. The van der Waals surface area contributed by atoms with Gasteiger partial charge in [0, 0.05) is 0 Å². The summed E-state index contributed by atoms with van der Waals surface area (Å²) in [6, 6.07) is 16.3. The normalized spacial score (nSPS) is 12.1. The number of hydrogen-bond donors (Lipinski definition) is 1. The average molecular weight is 254 g/mol. The van der Waals surface area contributed by atoms with Gasteiger partial charge in [0.2, 0.25) is 0 Å². The summed E-state index contributed by atoms with van der Waals surface area (Å²) in [5.41, 5.74) is 4.58. The molecule has 0 saturated carbocycles. The molecule has 0 aliphatic carbocycles. The Labute approximate surface area is 113 Å². The molecule has 1 atom stereocenters. The molecule has 0 bridgehead atoms. The van der Waals surface area contributed by atoms with Gasteiger partial charge in [-0.2, -0.15) is 0 Å². The van der Waals surface area contributed by atoms with Gasteiger partial charge in [-0.3, -0.25) is 4.79 Å². The Balaban J connectivity index is 2.13. The molecule has 98 valence electrons. The highest BCUT2D eigenvalue weighted by Crippen LogP contribution is 2.18. The second-order valence-electron chi connectivity index (χ2n) is 4.97. The number of carbonyl (C=O) groups is 1. The fourth-order valence-corrected chi connectivity index (χ4v) is 2.12. The van der Waals surface area contributed by atoms with Crippen molar-refractivity contribution < 1.29 is 9.90 Å². The summed E-state index contributed by atoms with van der Waals surface area (Å²) in [7, 11) is 0. The van der Waals surface area contributed by atoms with Crippen LogP contribution in [0.15, 0.2) is 48.5 Å². The van der Waals surface area contributed by atoms with Crippen molar-refractivity contribution in [2.24, 2.45) is 0 Å². The lowest BCUT2D eigenvalue weighted by atomic mass is 9.97. The van der Waals surface area contributed by atoms with E-state index in [9.17, 15) is 4.79 Å². The third-order valence-electron chi connectivity index (χ3n) is 3.34. The van der Waals surface area contributed by atoms with E-state index in [-0.39, 0.29) is 0 Å². The molecule has 0 heterocycles. The summed E-state index contributed by atoms with van der Waals surface area (Å²) in [6.45, 7) is 3.79. The van der Waals surface area contributed by atoms with Crippen LogP contribution in [0.1, 0.15) is 35.1 Å². The third-order valence-corrected chi connectivity index (χ3v) is 3.34. The minimum Gasteiger partial charge on any atom is -0.481 e. The van der Waals surface area contributed by atoms with Crippen LogP contribution in [0.25, 0.3) is 0 Å². The first-order valence-corrected chi connectivity index (χ1v) is 6.43. The van der Waals surface area contributed by atoms with E-state index < -0.39 is 11.9 Å². The maximum Gasteiger partial charge on any atom is 0.310 e. The van der Waals surface area contributed by atoms with Crippen molar-refractivity contribution in [3.05, 3.63) is 70.8 Å². The van der Waals surface area contributed by atoms with Gasteiger partial charge in [0.25, 0.3) is 0 Å². The van der Waals surface area contributed by atoms with E-state index in [1.807, 2.05) is 24.3 Å². The quantitative estimate of drug-likeness (QED) is 0.901. The van der Waals surface area contributed by atoms with Crippen LogP contribution in [0.4, 0.5) is 0 Å². The van der Waals surface area contributed by atoms with Gasteiger partial charge in [-0.1, -0.05) is 54.1 Å². The van der Waals surface area contributed by atoms with Crippen LogP contribution < -0.4 is 0 Å². The molecule has 2 rings (SSSR count). The van der Waals surface area contributed by atoms with Crippen molar-refractivity contribution in [1.29, 1.82) is 0 Å². The summed E-state index contributed by atoms with van der Waals surface area (Å²) < 4.78 is 0. The number of carboxylic acid groups (broad SMARTS) is 1.